The van der Waals surface area contributed by atoms with E-state index in [1.54, 1.807) is 0 Å². The maximum absolute atomic E-state index is 12.1. The number of halogens is 1. The molecular formula is C21H28BrNO3S. The van der Waals surface area contributed by atoms with Gasteiger partial charge in [-0.05, 0) is 81.0 Å². The molecule has 2 fully saturated rings. The van der Waals surface area contributed by atoms with Gasteiger partial charge in [-0.15, -0.1) is 11.8 Å². The minimum absolute atomic E-state index is 0.161. The van der Waals surface area contributed by atoms with Crippen LogP contribution >= 0.6 is 27.7 Å². The van der Waals surface area contributed by atoms with Crippen molar-refractivity contribution in [3.63, 3.8) is 0 Å². The molecule has 1 aromatic rings. The van der Waals surface area contributed by atoms with Crippen LogP contribution in [0.25, 0.3) is 0 Å². The van der Waals surface area contributed by atoms with E-state index in [1.807, 2.05) is 19.9 Å². The van der Waals surface area contributed by atoms with E-state index in [2.05, 4.69) is 34.2 Å². The van der Waals surface area contributed by atoms with Crippen LogP contribution in [0, 0.1) is 31.6 Å². The van der Waals surface area contributed by atoms with Crippen LogP contribution in [0.1, 0.15) is 43.7 Å². The summed E-state index contributed by atoms with van der Waals surface area (Å²) in [6.07, 6.45) is 5.21. The monoisotopic (exact) mass is 453 g/mol. The normalized spacial score (nSPS) is 24.7. The number of carbonyl (C=O) groups excluding carboxylic acids is 2. The number of rotatable bonds is 7. The third-order valence-corrected chi connectivity index (χ3v) is 7.97. The molecule has 2 aliphatic carbocycles. The molecule has 2 aliphatic rings. The maximum Gasteiger partial charge on any atom is 0.316 e. The molecule has 0 unspecified atom stereocenters. The molecule has 1 N–H and O–H groups in total. The Kier molecular flexibility index (Phi) is 6.90. The van der Waals surface area contributed by atoms with Gasteiger partial charge >= 0.3 is 5.97 Å². The number of ether oxygens (including phenoxy) is 1. The largest absolute Gasteiger partial charge is 0.455 e. The van der Waals surface area contributed by atoms with Crippen LogP contribution in [0.4, 0.5) is 0 Å². The fourth-order valence-electron chi connectivity index (χ4n) is 4.54. The lowest BCUT2D eigenvalue weighted by molar-refractivity contribution is -0.146. The van der Waals surface area contributed by atoms with Gasteiger partial charge in [0.15, 0.2) is 6.61 Å². The molecule has 148 valence electrons. The van der Waals surface area contributed by atoms with Crippen molar-refractivity contribution in [3.05, 3.63) is 27.7 Å². The second-order valence-corrected chi connectivity index (χ2v) is 9.88. The zero-order valence-corrected chi connectivity index (χ0v) is 18.6. The molecular weight excluding hydrogens is 426 g/mol. The van der Waals surface area contributed by atoms with Crippen molar-refractivity contribution in [2.45, 2.75) is 57.4 Å². The van der Waals surface area contributed by atoms with Gasteiger partial charge < -0.3 is 10.1 Å². The summed E-state index contributed by atoms with van der Waals surface area (Å²) in [6.45, 7) is 5.93. The predicted molar refractivity (Wildman–Crippen MR) is 112 cm³/mol. The number of amides is 1. The molecule has 0 aromatic heterocycles. The fraction of sp³-hybridized carbons (Fsp3) is 0.619. The molecule has 2 saturated carbocycles. The molecule has 0 aliphatic heterocycles. The van der Waals surface area contributed by atoms with Gasteiger partial charge in [-0.25, -0.2) is 0 Å². The first-order chi connectivity index (χ1) is 12.8. The van der Waals surface area contributed by atoms with Crippen molar-refractivity contribution in [2.24, 2.45) is 17.8 Å². The average Bonchev–Trinajstić information content (AvgIpc) is 3.25. The lowest BCUT2D eigenvalue weighted by atomic mass is 9.84. The maximum atomic E-state index is 12.1. The molecule has 1 amide bonds. The predicted octanol–water partition coefficient (Wildman–Crippen LogP) is 4.64. The molecule has 0 saturated heterocycles. The molecule has 0 spiro atoms. The standard InChI is InChI=1S/C21H28BrNO3S/c1-12-7-19(13(2)6-18(12)22)27-11-21(25)26-10-20(24)23-14(3)17-9-15-4-5-16(17)8-15/h6-7,14-17H,4-5,8-11H2,1-3H3,(H,23,24)/t14-,15-,16-,17-/m1/s1. The van der Waals surface area contributed by atoms with E-state index >= 15 is 0 Å². The van der Waals surface area contributed by atoms with Gasteiger partial charge in [0.2, 0.25) is 0 Å². The Morgan fingerprint density at radius 1 is 1.26 bits per heavy atom. The average molecular weight is 454 g/mol. The van der Waals surface area contributed by atoms with Gasteiger partial charge in [-0.3, -0.25) is 9.59 Å². The Hall–Kier alpha value is -1.01. The lowest BCUT2D eigenvalue weighted by Crippen LogP contribution is -2.42. The summed E-state index contributed by atoms with van der Waals surface area (Å²) in [5, 5.41) is 3.03. The number of hydrogen-bond acceptors (Lipinski definition) is 4. The summed E-state index contributed by atoms with van der Waals surface area (Å²) in [5.74, 6) is 1.86. The SMILES string of the molecule is Cc1cc(SCC(=O)OCC(=O)N[C@H](C)[C@H]2C[C@@H]3CC[C@@H]2C3)c(C)cc1Br. The molecule has 2 bridgehead atoms. The number of aryl methyl sites for hydroxylation is 2. The van der Waals surface area contributed by atoms with Crippen LogP contribution in [0.5, 0.6) is 0 Å². The first-order valence-corrected chi connectivity index (χ1v) is 11.5. The molecule has 1 aromatic carbocycles. The van der Waals surface area contributed by atoms with Crippen LogP contribution in [0.3, 0.4) is 0 Å². The molecule has 6 heteroatoms. The smallest absolute Gasteiger partial charge is 0.316 e. The van der Waals surface area contributed by atoms with Crippen LogP contribution in [0.15, 0.2) is 21.5 Å². The van der Waals surface area contributed by atoms with Crippen molar-refractivity contribution in [1.82, 2.24) is 5.32 Å². The minimum atomic E-state index is -0.359. The highest BCUT2D eigenvalue weighted by atomic mass is 79.9. The molecule has 4 atom stereocenters. The second kappa shape index (κ2) is 8.99. The summed E-state index contributed by atoms with van der Waals surface area (Å²) in [7, 11) is 0. The fourth-order valence-corrected chi connectivity index (χ4v) is 5.90. The highest BCUT2D eigenvalue weighted by molar-refractivity contribution is 9.10. The van der Waals surface area contributed by atoms with Gasteiger partial charge in [0, 0.05) is 15.4 Å². The van der Waals surface area contributed by atoms with Gasteiger partial charge in [0.1, 0.15) is 0 Å². The van der Waals surface area contributed by atoms with E-state index in [0.29, 0.717) is 5.92 Å². The van der Waals surface area contributed by atoms with Crippen molar-refractivity contribution in [3.8, 4) is 0 Å². The van der Waals surface area contributed by atoms with Gasteiger partial charge in [-0.2, -0.15) is 0 Å². The lowest BCUT2D eigenvalue weighted by Gasteiger charge is -2.28. The zero-order chi connectivity index (χ0) is 19.6. The highest BCUT2D eigenvalue weighted by Crippen LogP contribution is 2.49. The van der Waals surface area contributed by atoms with E-state index in [9.17, 15) is 9.59 Å². The topological polar surface area (TPSA) is 55.4 Å². The van der Waals surface area contributed by atoms with Crippen LogP contribution in [-0.4, -0.2) is 30.3 Å². The number of hydrogen-bond donors (Lipinski definition) is 1. The van der Waals surface area contributed by atoms with E-state index in [1.165, 1.54) is 37.4 Å². The van der Waals surface area contributed by atoms with Crippen molar-refractivity contribution in [2.75, 3.05) is 12.4 Å². The van der Waals surface area contributed by atoms with Gasteiger partial charge in [0.05, 0.1) is 5.75 Å². The van der Waals surface area contributed by atoms with Gasteiger partial charge in [-0.1, -0.05) is 22.4 Å². The number of fused-ring (bicyclic) bond motifs is 2. The van der Waals surface area contributed by atoms with Crippen LogP contribution in [-0.2, 0) is 14.3 Å². The van der Waals surface area contributed by atoms with E-state index in [4.69, 9.17) is 4.74 Å². The Morgan fingerprint density at radius 2 is 2.04 bits per heavy atom. The van der Waals surface area contributed by atoms with Crippen LogP contribution in [0.2, 0.25) is 0 Å². The summed E-state index contributed by atoms with van der Waals surface area (Å²) in [6, 6.07) is 4.27. The Labute approximate surface area is 174 Å². The first kappa shape index (κ1) is 20.7. The quantitative estimate of drug-likeness (QED) is 0.482. The van der Waals surface area contributed by atoms with E-state index < -0.39 is 0 Å². The van der Waals surface area contributed by atoms with Crippen molar-refractivity contribution in [1.29, 1.82) is 0 Å². The van der Waals surface area contributed by atoms with Crippen LogP contribution < -0.4 is 5.32 Å². The van der Waals surface area contributed by atoms with E-state index in [-0.39, 0.29) is 30.3 Å². The van der Waals surface area contributed by atoms with Crippen molar-refractivity contribution < 1.29 is 14.3 Å². The van der Waals surface area contributed by atoms with Crippen molar-refractivity contribution >= 4 is 39.6 Å². The Bertz CT molecular complexity index is 724. The Morgan fingerprint density at radius 3 is 2.70 bits per heavy atom. The minimum Gasteiger partial charge on any atom is -0.455 e. The molecule has 0 radical (unpaired) electrons. The second-order valence-electron chi connectivity index (χ2n) is 8.01. The number of esters is 1. The molecule has 0 heterocycles. The Balaban J connectivity index is 1.38. The summed E-state index contributed by atoms with van der Waals surface area (Å²) in [5.41, 5.74) is 2.24. The van der Waals surface area contributed by atoms with Gasteiger partial charge in [0.25, 0.3) is 5.91 Å². The summed E-state index contributed by atoms with van der Waals surface area (Å²) in [4.78, 5) is 25.2. The number of nitrogens with one attached hydrogen (secondary N) is 1. The highest BCUT2D eigenvalue weighted by Gasteiger charge is 2.42. The molecule has 3 rings (SSSR count). The molecule has 27 heavy (non-hydrogen) atoms. The number of carbonyl (C=O) groups is 2. The summed E-state index contributed by atoms with van der Waals surface area (Å²) < 4.78 is 6.23. The zero-order valence-electron chi connectivity index (χ0n) is 16.2. The number of thioether (sulfide) groups is 1. The number of benzene rings is 1. The van der Waals surface area contributed by atoms with E-state index in [0.717, 1.165) is 32.3 Å². The summed E-state index contributed by atoms with van der Waals surface area (Å²) >= 11 is 4.96. The third-order valence-electron chi connectivity index (χ3n) is 5.99. The third kappa shape index (κ3) is 5.29. The molecule has 4 nitrogen and oxygen atoms in total. The first-order valence-electron chi connectivity index (χ1n) is 9.68.